The molecule has 1 N–H and O–H groups in total. The first kappa shape index (κ1) is 23.9. The third-order valence-corrected chi connectivity index (χ3v) is 5.48. The molecule has 7 heteroatoms. The molecule has 0 spiro atoms. The molecule has 178 valence electrons. The number of nitrogens with zero attached hydrogens (tertiary/aromatic N) is 3. The number of hydrogen-bond donors (Lipinski definition) is 1. The average Bonchev–Trinajstić information content (AvgIpc) is 2.87. The Morgan fingerprint density at radius 2 is 1.69 bits per heavy atom. The number of aromatic nitrogens is 2. The van der Waals surface area contributed by atoms with Crippen molar-refractivity contribution in [1.29, 1.82) is 0 Å². The zero-order chi connectivity index (χ0) is 24.6. The summed E-state index contributed by atoms with van der Waals surface area (Å²) in [5.74, 6) is 0.894. The summed E-state index contributed by atoms with van der Waals surface area (Å²) >= 11 is 0. The molecule has 0 saturated heterocycles. The number of benzene rings is 3. The number of hydrogen-bond acceptors (Lipinski definition) is 5. The van der Waals surface area contributed by atoms with Crippen LogP contribution in [0.25, 0.3) is 10.8 Å². The number of nitrogens with one attached hydrogen (secondary N) is 1. The molecule has 35 heavy (non-hydrogen) atoms. The van der Waals surface area contributed by atoms with Gasteiger partial charge in [0, 0.05) is 5.39 Å². The Balaban J connectivity index is 1.50. The summed E-state index contributed by atoms with van der Waals surface area (Å²) < 4.78 is 7.04. The Bertz CT molecular complexity index is 1380. The highest BCUT2D eigenvalue weighted by Crippen LogP contribution is 2.15. The van der Waals surface area contributed by atoms with Gasteiger partial charge in [0.1, 0.15) is 5.75 Å². The first-order chi connectivity index (χ1) is 17.0. The number of fused-ring (bicyclic) bond motifs is 1. The van der Waals surface area contributed by atoms with E-state index in [0.29, 0.717) is 23.3 Å². The maximum absolute atomic E-state index is 13.0. The fourth-order valence-electron chi connectivity index (χ4n) is 3.55. The van der Waals surface area contributed by atoms with Crippen LogP contribution in [0.5, 0.6) is 5.75 Å². The Morgan fingerprint density at radius 3 is 2.40 bits per heavy atom. The average molecular weight is 469 g/mol. The van der Waals surface area contributed by atoms with Crippen molar-refractivity contribution in [3.05, 3.63) is 106 Å². The Hall–Kier alpha value is -4.26. The number of rotatable bonds is 9. The van der Waals surface area contributed by atoms with E-state index in [-0.39, 0.29) is 17.8 Å². The molecule has 1 heterocycles. The van der Waals surface area contributed by atoms with Gasteiger partial charge in [0.05, 0.1) is 24.8 Å². The summed E-state index contributed by atoms with van der Waals surface area (Å²) in [6, 6.07) is 24.0. The fraction of sp³-hybridized carbons (Fsp3) is 0.214. The van der Waals surface area contributed by atoms with Crippen LogP contribution in [0.1, 0.15) is 41.9 Å². The second-order valence-electron chi connectivity index (χ2n) is 8.64. The fourth-order valence-corrected chi connectivity index (χ4v) is 3.55. The summed E-state index contributed by atoms with van der Waals surface area (Å²) in [6.07, 6.45) is 2.55. The van der Waals surface area contributed by atoms with E-state index in [1.807, 2.05) is 54.6 Å². The van der Waals surface area contributed by atoms with Gasteiger partial charge in [-0.2, -0.15) is 10.2 Å². The topological polar surface area (TPSA) is 85.6 Å². The monoisotopic (exact) mass is 468 g/mol. The van der Waals surface area contributed by atoms with E-state index < -0.39 is 5.91 Å². The number of carbonyl (C=O) groups excluding carboxylic acids is 1. The molecule has 0 saturated carbocycles. The lowest BCUT2D eigenvalue weighted by Gasteiger charge is -2.10. The highest BCUT2D eigenvalue weighted by atomic mass is 16.5. The van der Waals surface area contributed by atoms with Crippen LogP contribution in [-0.2, 0) is 6.54 Å². The Morgan fingerprint density at radius 1 is 1.00 bits per heavy atom. The van der Waals surface area contributed by atoms with Crippen molar-refractivity contribution in [2.75, 3.05) is 6.61 Å². The second-order valence-corrected chi connectivity index (χ2v) is 8.64. The van der Waals surface area contributed by atoms with Gasteiger partial charge in [-0.3, -0.25) is 9.59 Å². The van der Waals surface area contributed by atoms with Gasteiger partial charge >= 0.3 is 0 Å². The molecular weight excluding hydrogens is 440 g/mol. The lowest BCUT2D eigenvalue weighted by molar-refractivity contribution is 0.0949. The van der Waals surface area contributed by atoms with E-state index in [2.05, 4.69) is 29.5 Å². The van der Waals surface area contributed by atoms with E-state index in [1.54, 1.807) is 30.5 Å². The molecule has 4 rings (SSSR count). The maximum Gasteiger partial charge on any atom is 0.292 e. The third kappa shape index (κ3) is 6.20. The molecule has 4 aromatic rings. The molecule has 0 unspecified atom stereocenters. The molecule has 0 bridgehead atoms. The lowest BCUT2D eigenvalue weighted by Crippen LogP contribution is -2.29. The van der Waals surface area contributed by atoms with Crippen LogP contribution in [0.3, 0.4) is 0 Å². The molecule has 7 nitrogen and oxygen atoms in total. The van der Waals surface area contributed by atoms with Crippen molar-refractivity contribution in [2.45, 2.75) is 26.8 Å². The van der Waals surface area contributed by atoms with Crippen LogP contribution in [0, 0.1) is 5.92 Å². The van der Waals surface area contributed by atoms with Crippen LogP contribution in [-0.4, -0.2) is 28.5 Å². The molecule has 0 aliphatic rings. The molecule has 0 aliphatic heterocycles. The van der Waals surface area contributed by atoms with E-state index in [0.717, 1.165) is 23.3 Å². The summed E-state index contributed by atoms with van der Waals surface area (Å²) in [6.45, 7) is 5.26. The van der Waals surface area contributed by atoms with Crippen LogP contribution < -0.4 is 15.7 Å². The van der Waals surface area contributed by atoms with Crippen molar-refractivity contribution >= 4 is 22.9 Å². The predicted octanol–water partition coefficient (Wildman–Crippen LogP) is 4.63. The quantitative estimate of drug-likeness (QED) is 0.287. The Labute approximate surface area is 204 Å². The van der Waals surface area contributed by atoms with Gasteiger partial charge < -0.3 is 4.74 Å². The van der Waals surface area contributed by atoms with Crippen molar-refractivity contribution in [3.8, 4) is 5.75 Å². The molecule has 0 radical (unpaired) electrons. The smallest absolute Gasteiger partial charge is 0.292 e. The van der Waals surface area contributed by atoms with Crippen molar-refractivity contribution in [1.82, 2.24) is 15.2 Å². The molecule has 1 amide bonds. The van der Waals surface area contributed by atoms with Gasteiger partial charge in [-0.15, -0.1) is 0 Å². The van der Waals surface area contributed by atoms with Gasteiger partial charge in [-0.05, 0) is 53.8 Å². The largest absolute Gasteiger partial charge is 0.494 e. The molecular formula is C28H28N4O3. The second kappa shape index (κ2) is 11.2. The van der Waals surface area contributed by atoms with Gasteiger partial charge in [0.15, 0.2) is 5.69 Å². The highest BCUT2D eigenvalue weighted by molar-refractivity contribution is 6.05. The number of hydrazone groups is 1. The van der Waals surface area contributed by atoms with Crippen LogP contribution in [0.15, 0.2) is 88.8 Å². The third-order valence-electron chi connectivity index (χ3n) is 5.48. The standard InChI is InChI=1S/C28H28N4O3/c1-20(2)16-17-35-23-14-12-21(13-15-23)18-29-30-27(33)26-24-10-6-7-11-25(24)28(34)32(31-26)19-22-8-4-3-5-9-22/h3-15,18,20H,16-17,19H2,1-2H3,(H,30,33). The lowest BCUT2D eigenvalue weighted by atomic mass is 10.1. The predicted molar refractivity (Wildman–Crippen MR) is 138 cm³/mol. The SMILES string of the molecule is CC(C)CCOc1ccc(C=NNC(=O)c2nn(Cc3ccccc3)c(=O)c3ccccc23)cc1. The molecule has 0 atom stereocenters. The first-order valence-corrected chi connectivity index (χ1v) is 11.6. The van der Waals surface area contributed by atoms with Crippen LogP contribution in [0.4, 0.5) is 0 Å². The zero-order valence-electron chi connectivity index (χ0n) is 19.8. The van der Waals surface area contributed by atoms with Crippen molar-refractivity contribution < 1.29 is 9.53 Å². The van der Waals surface area contributed by atoms with Crippen molar-refractivity contribution in [3.63, 3.8) is 0 Å². The van der Waals surface area contributed by atoms with Crippen LogP contribution >= 0.6 is 0 Å². The van der Waals surface area contributed by atoms with E-state index >= 15 is 0 Å². The summed E-state index contributed by atoms with van der Waals surface area (Å²) in [7, 11) is 0. The zero-order valence-corrected chi connectivity index (χ0v) is 19.8. The maximum atomic E-state index is 13.0. The van der Waals surface area contributed by atoms with Gasteiger partial charge in [-0.25, -0.2) is 10.1 Å². The van der Waals surface area contributed by atoms with E-state index in [9.17, 15) is 9.59 Å². The molecule has 0 fully saturated rings. The number of amides is 1. The normalized spacial score (nSPS) is 11.3. The summed E-state index contributed by atoms with van der Waals surface area (Å²) in [4.78, 5) is 25.9. The van der Waals surface area contributed by atoms with Crippen molar-refractivity contribution in [2.24, 2.45) is 11.0 Å². The minimum atomic E-state index is -0.493. The number of carbonyl (C=O) groups is 1. The minimum Gasteiger partial charge on any atom is -0.494 e. The highest BCUT2D eigenvalue weighted by Gasteiger charge is 2.16. The van der Waals surface area contributed by atoms with Gasteiger partial charge in [0.2, 0.25) is 0 Å². The Kier molecular flexibility index (Phi) is 7.67. The molecule has 3 aromatic carbocycles. The van der Waals surface area contributed by atoms with Gasteiger partial charge in [-0.1, -0.05) is 62.4 Å². The molecule has 1 aromatic heterocycles. The summed E-state index contributed by atoms with van der Waals surface area (Å²) in [5.41, 5.74) is 4.15. The minimum absolute atomic E-state index is 0.141. The first-order valence-electron chi connectivity index (χ1n) is 11.6. The summed E-state index contributed by atoms with van der Waals surface area (Å²) in [5, 5.41) is 9.37. The van der Waals surface area contributed by atoms with E-state index in [1.165, 1.54) is 4.68 Å². The number of ether oxygens (including phenoxy) is 1. The van der Waals surface area contributed by atoms with Gasteiger partial charge in [0.25, 0.3) is 11.5 Å². The van der Waals surface area contributed by atoms with Crippen LogP contribution in [0.2, 0.25) is 0 Å². The molecule has 0 aliphatic carbocycles. The van der Waals surface area contributed by atoms with E-state index in [4.69, 9.17) is 4.74 Å².